The van der Waals surface area contributed by atoms with Crippen molar-refractivity contribution in [3.05, 3.63) is 59.1 Å². The first-order chi connectivity index (χ1) is 12.5. The van der Waals surface area contributed by atoms with Crippen molar-refractivity contribution in [2.75, 3.05) is 13.4 Å². The molecule has 3 aromatic rings. The summed E-state index contributed by atoms with van der Waals surface area (Å²) in [4.78, 5) is 24.5. The molecule has 26 heavy (non-hydrogen) atoms. The van der Waals surface area contributed by atoms with Gasteiger partial charge in [-0.3, -0.25) is 4.79 Å². The lowest BCUT2D eigenvalue weighted by molar-refractivity contribution is 0.0445. The van der Waals surface area contributed by atoms with Gasteiger partial charge in [0.25, 0.3) is 0 Å². The summed E-state index contributed by atoms with van der Waals surface area (Å²) in [5.74, 6) is -0.631. The Hall–Kier alpha value is -3.35. The van der Waals surface area contributed by atoms with Crippen molar-refractivity contribution in [3.63, 3.8) is 0 Å². The Morgan fingerprint density at radius 1 is 1.12 bits per heavy atom. The van der Waals surface area contributed by atoms with Crippen LogP contribution in [0.3, 0.4) is 0 Å². The molecule has 0 N–H and O–H groups in total. The van der Waals surface area contributed by atoms with Gasteiger partial charge in [0.05, 0.1) is 0 Å². The first kappa shape index (κ1) is 16.1. The number of rotatable bonds is 4. The molecule has 1 aliphatic rings. The number of carbonyl (C=O) groups excluding carboxylic acids is 2. The van der Waals surface area contributed by atoms with Gasteiger partial charge in [0.2, 0.25) is 12.6 Å². The predicted octanol–water partition coefficient (Wildman–Crippen LogP) is 3.65. The number of ether oxygens (including phenoxy) is 3. The Morgan fingerprint density at radius 3 is 2.77 bits per heavy atom. The third-order valence-electron chi connectivity index (χ3n) is 4.11. The number of Topliss-reactive ketones (excluding diaryl/α,β-unsaturated/α-hetero) is 1. The smallest absolute Gasteiger partial charge is 0.375 e. The summed E-state index contributed by atoms with van der Waals surface area (Å²) < 4.78 is 34.2. The minimum absolute atomic E-state index is 0.0518. The van der Waals surface area contributed by atoms with Crippen LogP contribution in [0.25, 0.3) is 11.0 Å². The third-order valence-corrected chi connectivity index (χ3v) is 4.11. The van der Waals surface area contributed by atoms with E-state index >= 15 is 0 Å². The highest BCUT2D eigenvalue weighted by molar-refractivity contribution is 6.01. The van der Waals surface area contributed by atoms with Gasteiger partial charge in [0, 0.05) is 16.5 Å². The van der Waals surface area contributed by atoms with Gasteiger partial charge in [-0.2, -0.15) is 0 Å². The highest BCUT2D eigenvalue weighted by Gasteiger charge is 2.22. The van der Waals surface area contributed by atoms with Crippen LogP contribution >= 0.6 is 0 Å². The molecule has 0 atom stereocenters. The van der Waals surface area contributed by atoms with Gasteiger partial charge in [0.1, 0.15) is 11.4 Å². The maximum atomic E-state index is 13.3. The van der Waals surface area contributed by atoms with Crippen LogP contribution in [0.2, 0.25) is 0 Å². The van der Waals surface area contributed by atoms with Crippen molar-refractivity contribution in [1.29, 1.82) is 0 Å². The topological polar surface area (TPSA) is 75.0 Å². The van der Waals surface area contributed by atoms with Crippen LogP contribution in [-0.4, -0.2) is 25.2 Å². The van der Waals surface area contributed by atoms with Crippen molar-refractivity contribution < 1.29 is 32.6 Å². The Morgan fingerprint density at radius 2 is 1.92 bits per heavy atom. The Kier molecular flexibility index (Phi) is 3.84. The highest BCUT2D eigenvalue weighted by atomic mass is 19.1. The summed E-state index contributed by atoms with van der Waals surface area (Å²) in [6.07, 6.45) is 0. The number of fused-ring (bicyclic) bond motifs is 2. The average Bonchev–Trinajstić information content (AvgIpc) is 3.23. The summed E-state index contributed by atoms with van der Waals surface area (Å²) in [6.45, 7) is 1.28. The molecule has 0 aliphatic carbocycles. The van der Waals surface area contributed by atoms with E-state index in [1.54, 1.807) is 19.1 Å². The molecule has 6 nitrogen and oxygen atoms in total. The predicted molar refractivity (Wildman–Crippen MR) is 88.1 cm³/mol. The molecule has 0 fully saturated rings. The van der Waals surface area contributed by atoms with Crippen LogP contribution < -0.4 is 9.47 Å². The van der Waals surface area contributed by atoms with Crippen LogP contribution in [0.5, 0.6) is 11.5 Å². The fourth-order valence-electron chi connectivity index (χ4n) is 2.74. The Balaban J connectivity index is 1.48. The number of hydrogen-bond acceptors (Lipinski definition) is 6. The van der Waals surface area contributed by atoms with E-state index in [-0.39, 0.29) is 12.6 Å². The molecule has 1 aliphatic heterocycles. The third kappa shape index (κ3) is 2.77. The highest BCUT2D eigenvalue weighted by Crippen LogP contribution is 2.32. The molecule has 7 heteroatoms. The number of ketones is 1. The van der Waals surface area contributed by atoms with Gasteiger partial charge in [-0.1, -0.05) is 0 Å². The minimum Gasteiger partial charge on any atom is -0.454 e. The first-order valence-corrected chi connectivity index (χ1v) is 7.81. The number of hydrogen-bond donors (Lipinski definition) is 0. The second kappa shape index (κ2) is 6.18. The number of carbonyl (C=O) groups is 2. The average molecular weight is 356 g/mol. The van der Waals surface area contributed by atoms with E-state index in [9.17, 15) is 14.0 Å². The fourth-order valence-corrected chi connectivity index (χ4v) is 2.74. The number of esters is 1. The summed E-state index contributed by atoms with van der Waals surface area (Å²) in [5.41, 5.74) is 1.17. The molecule has 0 spiro atoms. The van der Waals surface area contributed by atoms with Crippen LogP contribution in [0, 0.1) is 12.7 Å². The van der Waals surface area contributed by atoms with Crippen molar-refractivity contribution >= 4 is 22.7 Å². The van der Waals surface area contributed by atoms with Crippen molar-refractivity contribution in [3.8, 4) is 11.5 Å². The fraction of sp³-hybridized carbons (Fsp3) is 0.158. The molecule has 2 aromatic carbocycles. The largest absolute Gasteiger partial charge is 0.454 e. The zero-order valence-electron chi connectivity index (χ0n) is 13.7. The second-order valence-electron chi connectivity index (χ2n) is 5.76. The second-order valence-corrected chi connectivity index (χ2v) is 5.76. The quantitative estimate of drug-likeness (QED) is 0.525. The maximum Gasteiger partial charge on any atom is 0.375 e. The number of halogens is 1. The van der Waals surface area contributed by atoms with Gasteiger partial charge >= 0.3 is 5.97 Å². The standard InChI is InChI=1S/C19H13FO6/c1-10-13-7-12(20)3-5-15(13)26-18(10)19(22)23-8-14(21)11-2-4-16-17(6-11)25-9-24-16/h2-7H,8-9H2,1H3. The number of furan rings is 1. The molecule has 2 heterocycles. The lowest BCUT2D eigenvalue weighted by Crippen LogP contribution is -2.14. The van der Waals surface area contributed by atoms with E-state index in [1.165, 1.54) is 24.3 Å². The summed E-state index contributed by atoms with van der Waals surface area (Å²) in [5, 5.41) is 0.485. The molecule has 0 bridgehead atoms. The summed E-state index contributed by atoms with van der Waals surface area (Å²) >= 11 is 0. The van der Waals surface area contributed by atoms with Gasteiger partial charge in [-0.25, -0.2) is 9.18 Å². The van der Waals surface area contributed by atoms with Gasteiger partial charge in [-0.15, -0.1) is 0 Å². The van der Waals surface area contributed by atoms with E-state index < -0.39 is 24.2 Å². The lowest BCUT2D eigenvalue weighted by Gasteiger charge is -2.04. The molecule has 0 radical (unpaired) electrons. The van der Waals surface area contributed by atoms with E-state index in [4.69, 9.17) is 18.6 Å². The molecular weight excluding hydrogens is 343 g/mol. The Labute approximate surface area is 147 Å². The molecule has 132 valence electrons. The van der Waals surface area contributed by atoms with E-state index in [0.29, 0.717) is 33.6 Å². The van der Waals surface area contributed by atoms with E-state index in [1.807, 2.05) is 0 Å². The van der Waals surface area contributed by atoms with Crippen molar-refractivity contribution in [1.82, 2.24) is 0 Å². The molecular formula is C19H13FO6. The number of aryl methyl sites for hydroxylation is 1. The molecule has 0 unspecified atom stereocenters. The molecule has 1 aromatic heterocycles. The van der Waals surface area contributed by atoms with Gasteiger partial charge < -0.3 is 18.6 Å². The summed E-state index contributed by atoms with van der Waals surface area (Å²) in [6, 6.07) is 8.68. The van der Waals surface area contributed by atoms with Gasteiger partial charge in [-0.05, 0) is 43.3 Å². The maximum absolute atomic E-state index is 13.3. The van der Waals surface area contributed by atoms with E-state index in [2.05, 4.69) is 0 Å². The Bertz CT molecular complexity index is 1040. The summed E-state index contributed by atoms with van der Waals surface area (Å²) in [7, 11) is 0. The zero-order chi connectivity index (χ0) is 18.3. The van der Waals surface area contributed by atoms with Crippen LogP contribution in [0.1, 0.15) is 26.5 Å². The van der Waals surface area contributed by atoms with Crippen molar-refractivity contribution in [2.45, 2.75) is 6.92 Å². The molecule has 0 amide bonds. The molecule has 4 rings (SSSR count). The van der Waals surface area contributed by atoms with Crippen molar-refractivity contribution in [2.24, 2.45) is 0 Å². The first-order valence-electron chi connectivity index (χ1n) is 7.81. The van der Waals surface area contributed by atoms with Crippen LogP contribution in [0.15, 0.2) is 40.8 Å². The van der Waals surface area contributed by atoms with Crippen LogP contribution in [-0.2, 0) is 4.74 Å². The lowest BCUT2D eigenvalue weighted by atomic mass is 10.1. The number of benzene rings is 2. The minimum atomic E-state index is -0.784. The van der Waals surface area contributed by atoms with Crippen LogP contribution in [0.4, 0.5) is 4.39 Å². The SMILES string of the molecule is Cc1c(C(=O)OCC(=O)c2ccc3c(c2)OCO3)oc2ccc(F)cc12. The molecule has 0 saturated carbocycles. The van der Waals surface area contributed by atoms with E-state index in [0.717, 1.165) is 0 Å². The van der Waals surface area contributed by atoms with Gasteiger partial charge in [0.15, 0.2) is 23.9 Å². The zero-order valence-corrected chi connectivity index (χ0v) is 13.7. The normalized spacial score (nSPS) is 12.4. The molecule has 0 saturated heterocycles. The monoisotopic (exact) mass is 356 g/mol.